The lowest BCUT2D eigenvalue weighted by Crippen LogP contribution is -2.54. The maximum atomic E-state index is 13.4. The molecule has 4 heteroatoms. The Kier molecular flexibility index (Phi) is 3.31. The summed E-state index contributed by atoms with van der Waals surface area (Å²) in [7, 11) is 0. The average Bonchev–Trinajstić information content (AvgIpc) is 2.65. The number of fused-ring (bicyclic) bond motifs is 1. The average molecular weight is 266 g/mol. The normalized spacial score (nSPS) is 30.3. The Balaban J connectivity index is 1.61. The van der Waals surface area contributed by atoms with E-state index in [4.69, 9.17) is 0 Å². The molecule has 104 valence electrons. The Hall–Kier alpha value is -1.00. The fraction of sp³-hybridized carbons (Fsp3) is 0.600. The van der Waals surface area contributed by atoms with Gasteiger partial charge in [0.15, 0.2) is 0 Å². The van der Waals surface area contributed by atoms with Gasteiger partial charge in [-0.25, -0.2) is 8.78 Å². The minimum atomic E-state index is -2.49. The van der Waals surface area contributed by atoms with Crippen molar-refractivity contribution in [2.24, 2.45) is 0 Å². The smallest absolute Gasteiger partial charge is 0.262 e. The van der Waals surface area contributed by atoms with Crippen LogP contribution in [0.25, 0.3) is 0 Å². The molecule has 0 radical (unpaired) electrons. The quantitative estimate of drug-likeness (QED) is 0.883. The maximum absolute atomic E-state index is 13.4. The molecule has 1 N–H and O–H groups in total. The van der Waals surface area contributed by atoms with Crippen molar-refractivity contribution in [3.05, 3.63) is 35.4 Å². The summed E-state index contributed by atoms with van der Waals surface area (Å²) in [5, 5.41) is 3.42. The van der Waals surface area contributed by atoms with Gasteiger partial charge in [0, 0.05) is 31.6 Å². The number of nitrogens with zero attached hydrogens (tertiary/aromatic N) is 1. The number of hydrogen-bond acceptors (Lipinski definition) is 2. The lowest BCUT2D eigenvalue weighted by molar-refractivity contribution is 0.0117. The van der Waals surface area contributed by atoms with Crippen LogP contribution in [0.1, 0.15) is 17.5 Å². The number of halogens is 2. The number of hydrogen-bond donors (Lipinski definition) is 1. The van der Waals surface area contributed by atoms with Gasteiger partial charge < -0.3 is 5.32 Å². The molecule has 2 nitrogen and oxygen atoms in total. The first-order chi connectivity index (χ1) is 9.02. The maximum Gasteiger partial charge on any atom is 0.262 e. The van der Waals surface area contributed by atoms with Gasteiger partial charge in [-0.15, -0.1) is 0 Å². The van der Waals surface area contributed by atoms with E-state index >= 15 is 0 Å². The third-order valence-electron chi connectivity index (χ3n) is 4.18. The van der Waals surface area contributed by atoms with E-state index < -0.39 is 5.92 Å². The number of aryl methyl sites for hydroxylation is 1. The highest BCUT2D eigenvalue weighted by Gasteiger charge is 2.46. The van der Waals surface area contributed by atoms with Gasteiger partial charge >= 0.3 is 0 Å². The Bertz CT molecular complexity index is 444. The van der Waals surface area contributed by atoms with Crippen molar-refractivity contribution < 1.29 is 8.78 Å². The van der Waals surface area contributed by atoms with Gasteiger partial charge in [-0.2, -0.15) is 0 Å². The van der Waals surface area contributed by atoms with E-state index in [0.717, 1.165) is 13.0 Å². The predicted molar refractivity (Wildman–Crippen MR) is 71.6 cm³/mol. The fourth-order valence-electron chi connectivity index (χ4n) is 3.18. The van der Waals surface area contributed by atoms with Gasteiger partial charge in [0.25, 0.3) is 5.92 Å². The monoisotopic (exact) mass is 266 g/mol. The van der Waals surface area contributed by atoms with Crippen molar-refractivity contribution in [2.45, 2.75) is 37.8 Å². The Morgan fingerprint density at radius 3 is 2.79 bits per heavy atom. The van der Waals surface area contributed by atoms with Crippen LogP contribution in [-0.2, 0) is 6.42 Å². The number of nitrogens with one attached hydrogen (secondary N) is 1. The second kappa shape index (κ2) is 4.84. The number of benzene rings is 1. The van der Waals surface area contributed by atoms with Crippen LogP contribution in [0.3, 0.4) is 0 Å². The number of rotatable bonds is 2. The van der Waals surface area contributed by atoms with Crippen LogP contribution >= 0.6 is 0 Å². The molecular weight excluding hydrogens is 246 g/mol. The molecule has 2 heterocycles. The summed E-state index contributed by atoms with van der Waals surface area (Å²) in [6, 6.07) is 8.76. The largest absolute Gasteiger partial charge is 0.311 e. The summed E-state index contributed by atoms with van der Waals surface area (Å²) in [6.45, 7) is 3.42. The van der Waals surface area contributed by atoms with Gasteiger partial charge in [0.2, 0.25) is 0 Å². The molecule has 0 aliphatic carbocycles. The molecule has 0 amide bonds. The van der Waals surface area contributed by atoms with E-state index in [1.54, 1.807) is 0 Å². The first-order valence-electron chi connectivity index (χ1n) is 6.93. The lowest BCUT2D eigenvalue weighted by Gasteiger charge is -2.35. The molecule has 0 spiro atoms. The zero-order chi connectivity index (χ0) is 13.5. The SMILES string of the molecule is Cc1ccc(C[C@H]2CN3CC(F)(F)C[C@H]3CN2)cc1. The van der Waals surface area contributed by atoms with Crippen LogP contribution in [0, 0.1) is 6.92 Å². The molecule has 3 rings (SSSR count). The Labute approximate surface area is 112 Å². The van der Waals surface area contributed by atoms with Crippen LogP contribution < -0.4 is 5.32 Å². The number of alkyl halides is 2. The molecular formula is C15H20F2N2. The Morgan fingerprint density at radius 1 is 1.32 bits per heavy atom. The van der Waals surface area contributed by atoms with Gasteiger partial charge in [0.05, 0.1) is 6.54 Å². The van der Waals surface area contributed by atoms with Gasteiger partial charge in [-0.05, 0) is 18.9 Å². The molecule has 0 unspecified atom stereocenters. The summed E-state index contributed by atoms with van der Waals surface area (Å²) in [4.78, 5) is 1.95. The van der Waals surface area contributed by atoms with Crippen molar-refractivity contribution in [3.8, 4) is 0 Å². The van der Waals surface area contributed by atoms with E-state index in [0.29, 0.717) is 6.54 Å². The minimum absolute atomic E-state index is 0.0112. The lowest BCUT2D eigenvalue weighted by atomic mass is 10.0. The summed E-state index contributed by atoms with van der Waals surface area (Å²) in [6.07, 6.45) is 0.923. The summed E-state index contributed by atoms with van der Waals surface area (Å²) < 4.78 is 26.8. The molecule has 19 heavy (non-hydrogen) atoms. The highest BCUT2D eigenvalue weighted by Crippen LogP contribution is 2.33. The Morgan fingerprint density at radius 2 is 2.05 bits per heavy atom. The molecule has 2 aliphatic heterocycles. The number of piperazine rings is 1. The van der Waals surface area contributed by atoms with Crippen LogP contribution in [0.15, 0.2) is 24.3 Å². The summed E-state index contributed by atoms with van der Waals surface area (Å²) in [5.74, 6) is -2.49. The first kappa shape index (κ1) is 13.0. The topological polar surface area (TPSA) is 15.3 Å². The van der Waals surface area contributed by atoms with Gasteiger partial charge in [-0.1, -0.05) is 29.8 Å². The minimum Gasteiger partial charge on any atom is -0.311 e. The second-order valence-corrected chi connectivity index (χ2v) is 5.94. The van der Waals surface area contributed by atoms with E-state index in [2.05, 4.69) is 36.5 Å². The van der Waals surface area contributed by atoms with Gasteiger partial charge in [0.1, 0.15) is 0 Å². The second-order valence-electron chi connectivity index (χ2n) is 5.94. The molecule has 0 bridgehead atoms. The molecule has 2 fully saturated rings. The van der Waals surface area contributed by atoms with E-state index in [-0.39, 0.29) is 25.0 Å². The van der Waals surface area contributed by atoms with Crippen LogP contribution in [0.2, 0.25) is 0 Å². The zero-order valence-corrected chi connectivity index (χ0v) is 11.2. The summed E-state index contributed by atoms with van der Waals surface area (Å²) >= 11 is 0. The van der Waals surface area contributed by atoms with E-state index in [9.17, 15) is 8.78 Å². The van der Waals surface area contributed by atoms with Crippen LogP contribution in [0.5, 0.6) is 0 Å². The third kappa shape index (κ3) is 2.95. The zero-order valence-electron chi connectivity index (χ0n) is 11.2. The molecule has 2 aliphatic rings. The highest BCUT2D eigenvalue weighted by molar-refractivity contribution is 5.22. The van der Waals surface area contributed by atoms with Crippen molar-refractivity contribution >= 4 is 0 Å². The molecule has 2 atom stereocenters. The molecule has 1 aromatic rings. The van der Waals surface area contributed by atoms with Gasteiger partial charge in [-0.3, -0.25) is 4.90 Å². The standard InChI is InChI=1S/C15H20F2N2/c1-11-2-4-12(5-3-11)6-13-9-19-10-15(16,17)7-14(19)8-18-13/h2-5,13-14,18H,6-10H2,1H3/t13-,14-/m0/s1. The molecule has 0 aromatic heterocycles. The first-order valence-corrected chi connectivity index (χ1v) is 6.93. The predicted octanol–water partition coefficient (Wildman–Crippen LogP) is 2.22. The molecule has 2 saturated heterocycles. The van der Waals surface area contributed by atoms with Crippen molar-refractivity contribution in [1.82, 2.24) is 10.2 Å². The fourth-order valence-corrected chi connectivity index (χ4v) is 3.18. The van der Waals surface area contributed by atoms with Crippen molar-refractivity contribution in [3.63, 3.8) is 0 Å². The highest BCUT2D eigenvalue weighted by atomic mass is 19.3. The van der Waals surface area contributed by atoms with E-state index in [1.165, 1.54) is 11.1 Å². The van der Waals surface area contributed by atoms with Crippen molar-refractivity contribution in [2.75, 3.05) is 19.6 Å². The van der Waals surface area contributed by atoms with E-state index in [1.807, 2.05) is 4.90 Å². The summed E-state index contributed by atoms with van der Waals surface area (Å²) in [5.41, 5.74) is 2.52. The van der Waals surface area contributed by atoms with Crippen LogP contribution in [0.4, 0.5) is 8.78 Å². The van der Waals surface area contributed by atoms with Crippen molar-refractivity contribution in [1.29, 1.82) is 0 Å². The molecule has 1 aromatic carbocycles. The third-order valence-corrected chi connectivity index (χ3v) is 4.18. The van der Waals surface area contributed by atoms with Crippen LogP contribution in [-0.4, -0.2) is 42.5 Å². The molecule has 0 saturated carbocycles.